The lowest BCUT2D eigenvalue weighted by molar-refractivity contribution is -0.138. The van der Waals surface area contributed by atoms with Crippen LogP contribution < -0.4 is 14.8 Å². The van der Waals surface area contributed by atoms with Gasteiger partial charge in [-0.25, -0.2) is 0 Å². The van der Waals surface area contributed by atoms with Crippen molar-refractivity contribution >= 4 is 17.5 Å². The van der Waals surface area contributed by atoms with Crippen molar-refractivity contribution in [1.29, 1.82) is 0 Å². The maximum absolute atomic E-state index is 13.0. The van der Waals surface area contributed by atoms with Crippen molar-refractivity contribution < 1.29 is 19.1 Å². The van der Waals surface area contributed by atoms with Gasteiger partial charge in [-0.05, 0) is 55.7 Å². The summed E-state index contributed by atoms with van der Waals surface area (Å²) < 4.78 is 10.8. The van der Waals surface area contributed by atoms with E-state index in [9.17, 15) is 9.59 Å². The summed E-state index contributed by atoms with van der Waals surface area (Å²) in [5.41, 5.74) is 4.18. The molecule has 0 radical (unpaired) electrons. The molecule has 31 heavy (non-hydrogen) atoms. The molecule has 166 valence electrons. The maximum Gasteiger partial charge on any atom is 0.243 e. The Morgan fingerprint density at radius 2 is 1.71 bits per heavy atom. The fourth-order valence-corrected chi connectivity index (χ4v) is 3.84. The van der Waals surface area contributed by atoms with E-state index in [0.717, 1.165) is 35.5 Å². The number of hydrogen-bond donors (Lipinski definition) is 1. The van der Waals surface area contributed by atoms with Gasteiger partial charge in [-0.15, -0.1) is 0 Å². The molecule has 2 amide bonds. The molecule has 1 aliphatic heterocycles. The van der Waals surface area contributed by atoms with E-state index in [1.165, 1.54) is 10.5 Å². The van der Waals surface area contributed by atoms with E-state index in [-0.39, 0.29) is 24.4 Å². The van der Waals surface area contributed by atoms with E-state index in [1.807, 2.05) is 50.2 Å². The maximum atomic E-state index is 13.0. The fourth-order valence-electron chi connectivity index (χ4n) is 3.84. The number of aryl methyl sites for hydroxylation is 1. The Balaban J connectivity index is 1.60. The van der Waals surface area contributed by atoms with Gasteiger partial charge >= 0.3 is 0 Å². The molecule has 1 aliphatic rings. The van der Waals surface area contributed by atoms with E-state index in [2.05, 4.69) is 10.2 Å². The first-order valence-electron chi connectivity index (χ1n) is 10.4. The number of nitrogens with zero attached hydrogens (tertiary/aromatic N) is 2. The number of carbonyl (C=O) groups excluding carboxylic acids is 2. The van der Waals surface area contributed by atoms with Crippen LogP contribution in [0.15, 0.2) is 36.4 Å². The van der Waals surface area contributed by atoms with Crippen LogP contribution in [0.3, 0.4) is 0 Å². The Kier molecular flexibility index (Phi) is 7.17. The third-order valence-electron chi connectivity index (χ3n) is 5.75. The zero-order valence-corrected chi connectivity index (χ0v) is 18.9. The summed E-state index contributed by atoms with van der Waals surface area (Å²) in [4.78, 5) is 28.9. The minimum absolute atomic E-state index is 0.00645. The largest absolute Gasteiger partial charge is 0.493 e. The smallest absolute Gasteiger partial charge is 0.243 e. The first kappa shape index (κ1) is 22.6. The molecule has 0 bridgehead atoms. The molecule has 0 fully saturated rings. The Bertz CT molecular complexity index is 943. The predicted molar refractivity (Wildman–Crippen MR) is 121 cm³/mol. The molecule has 2 aromatic carbocycles. The van der Waals surface area contributed by atoms with Gasteiger partial charge in [-0.2, -0.15) is 0 Å². The fraction of sp³-hybridized carbons (Fsp3) is 0.417. The van der Waals surface area contributed by atoms with Crippen molar-refractivity contribution in [3.05, 3.63) is 53.1 Å². The summed E-state index contributed by atoms with van der Waals surface area (Å²) in [6, 6.07) is 11.2. The highest BCUT2D eigenvalue weighted by molar-refractivity contribution is 5.95. The standard InChI is InChI=1S/C24H31N3O4/c1-16-6-8-20(9-7-16)25-23(28)15-26(3)24(29)17(2)27-11-10-18-12-21(30-4)22(31-5)13-19(18)14-27/h6-9,12-13,17H,10-11,14-15H2,1-5H3,(H,25,28)/t17-/m0/s1. The van der Waals surface area contributed by atoms with Gasteiger partial charge in [0, 0.05) is 25.8 Å². The number of likely N-dealkylation sites (N-methyl/N-ethyl adjacent to an activating group) is 1. The highest BCUT2D eigenvalue weighted by atomic mass is 16.5. The third-order valence-corrected chi connectivity index (χ3v) is 5.75. The van der Waals surface area contributed by atoms with E-state index in [4.69, 9.17) is 9.47 Å². The molecule has 1 heterocycles. The number of benzene rings is 2. The summed E-state index contributed by atoms with van der Waals surface area (Å²) in [6.07, 6.45) is 0.824. The highest BCUT2D eigenvalue weighted by Crippen LogP contribution is 2.33. The molecule has 1 atom stereocenters. The minimum atomic E-state index is -0.335. The number of fused-ring (bicyclic) bond motifs is 1. The van der Waals surface area contributed by atoms with Crippen LogP contribution in [0.5, 0.6) is 11.5 Å². The van der Waals surface area contributed by atoms with Gasteiger partial charge in [0.15, 0.2) is 11.5 Å². The van der Waals surface area contributed by atoms with Crippen molar-refractivity contribution in [2.45, 2.75) is 32.9 Å². The Hall–Kier alpha value is -3.06. The number of carbonyl (C=O) groups is 2. The molecule has 7 nitrogen and oxygen atoms in total. The van der Waals surface area contributed by atoms with Crippen LogP contribution in [0.1, 0.15) is 23.6 Å². The van der Waals surface area contributed by atoms with Crippen LogP contribution in [0.2, 0.25) is 0 Å². The molecular weight excluding hydrogens is 394 g/mol. The lowest BCUT2D eigenvalue weighted by Gasteiger charge is -2.35. The molecule has 0 saturated heterocycles. The number of rotatable bonds is 7. The van der Waals surface area contributed by atoms with Crippen LogP contribution in [0.25, 0.3) is 0 Å². The summed E-state index contributed by atoms with van der Waals surface area (Å²) in [6.45, 7) is 5.30. The van der Waals surface area contributed by atoms with Crippen LogP contribution in [-0.4, -0.2) is 62.0 Å². The Morgan fingerprint density at radius 1 is 1.10 bits per heavy atom. The lowest BCUT2D eigenvalue weighted by Crippen LogP contribution is -2.49. The summed E-state index contributed by atoms with van der Waals surface area (Å²) in [5, 5.41) is 2.84. The molecule has 0 spiro atoms. The van der Waals surface area contributed by atoms with Crippen LogP contribution in [0, 0.1) is 6.92 Å². The quantitative estimate of drug-likeness (QED) is 0.739. The number of nitrogens with one attached hydrogen (secondary N) is 1. The number of ether oxygens (including phenoxy) is 2. The molecule has 0 aliphatic carbocycles. The number of amides is 2. The second kappa shape index (κ2) is 9.83. The zero-order valence-electron chi connectivity index (χ0n) is 18.9. The van der Waals surface area contributed by atoms with Gasteiger partial charge in [0.05, 0.1) is 26.8 Å². The lowest BCUT2D eigenvalue weighted by atomic mass is 9.97. The van der Waals surface area contributed by atoms with Crippen LogP contribution >= 0.6 is 0 Å². The first-order valence-corrected chi connectivity index (χ1v) is 10.4. The molecule has 0 unspecified atom stereocenters. The molecule has 7 heteroatoms. The number of hydrogen-bond acceptors (Lipinski definition) is 5. The second-order valence-corrected chi connectivity index (χ2v) is 7.98. The topological polar surface area (TPSA) is 71.1 Å². The average Bonchev–Trinajstić information content (AvgIpc) is 2.78. The van der Waals surface area contributed by atoms with Gasteiger partial charge < -0.3 is 19.7 Å². The predicted octanol–water partition coefficient (Wildman–Crippen LogP) is 2.86. The van der Waals surface area contributed by atoms with Crippen molar-refractivity contribution in [1.82, 2.24) is 9.80 Å². The van der Waals surface area contributed by atoms with Gasteiger partial charge in [-0.1, -0.05) is 17.7 Å². The normalized spacial score (nSPS) is 14.4. The van der Waals surface area contributed by atoms with E-state index in [0.29, 0.717) is 12.3 Å². The summed E-state index contributed by atoms with van der Waals surface area (Å²) >= 11 is 0. The second-order valence-electron chi connectivity index (χ2n) is 7.98. The number of anilines is 1. The van der Waals surface area contributed by atoms with Gasteiger partial charge in [0.25, 0.3) is 0 Å². The molecule has 0 saturated carbocycles. The molecule has 2 aromatic rings. The van der Waals surface area contributed by atoms with Crippen LogP contribution in [0.4, 0.5) is 5.69 Å². The molecule has 3 rings (SSSR count). The van der Waals surface area contributed by atoms with Crippen molar-refractivity contribution in [3.63, 3.8) is 0 Å². The molecule has 1 N–H and O–H groups in total. The van der Waals surface area contributed by atoms with Gasteiger partial charge in [-0.3, -0.25) is 14.5 Å². The zero-order chi connectivity index (χ0) is 22.5. The van der Waals surface area contributed by atoms with E-state index >= 15 is 0 Å². The summed E-state index contributed by atoms with van der Waals surface area (Å²) in [5.74, 6) is 1.11. The van der Waals surface area contributed by atoms with E-state index < -0.39 is 0 Å². The first-order chi connectivity index (χ1) is 14.8. The van der Waals surface area contributed by atoms with Crippen molar-refractivity contribution in [2.75, 3.05) is 39.7 Å². The monoisotopic (exact) mass is 425 g/mol. The average molecular weight is 426 g/mol. The Labute approximate surface area is 183 Å². The molecule has 0 aromatic heterocycles. The summed E-state index contributed by atoms with van der Waals surface area (Å²) in [7, 11) is 4.91. The van der Waals surface area contributed by atoms with Crippen LogP contribution in [-0.2, 0) is 22.6 Å². The van der Waals surface area contributed by atoms with Crippen molar-refractivity contribution in [3.8, 4) is 11.5 Å². The van der Waals surface area contributed by atoms with Crippen molar-refractivity contribution in [2.24, 2.45) is 0 Å². The molecular formula is C24H31N3O4. The number of methoxy groups -OCH3 is 2. The minimum Gasteiger partial charge on any atom is -0.493 e. The Morgan fingerprint density at radius 3 is 2.32 bits per heavy atom. The van der Waals surface area contributed by atoms with E-state index in [1.54, 1.807) is 21.3 Å². The van der Waals surface area contributed by atoms with Gasteiger partial charge in [0.2, 0.25) is 11.8 Å². The highest BCUT2D eigenvalue weighted by Gasteiger charge is 2.29. The van der Waals surface area contributed by atoms with Gasteiger partial charge in [0.1, 0.15) is 0 Å². The third kappa shape index (κ3) is 5.35. The SMILES string of the molecule is COc1cc2c(cc1OC)CN([C@@H](C)C(=O)N(C)CC(=O)Nc1ccc(C)cc1)CC2.